The molecule has 0 saturated heterocycles. The molecule has 0 aliphatic rings. The van der Waals surface area contributed by atoms with Crippen molar-refractivity contribution in [3.63, 3.8) is 0 Å². The molecule has 2 amide bonds. The normalized spacial score (nSPS) is 10.9. The van der Waals surface area contributed by atoms with Gasteiger partial charge in [-0.3, -0.25) is 0 Å². The number of nitrogens with zero attached hydrogens (tertiary/aromatic N) is 2. The Labute approximate surface area is 119 Å². The molecule has 1 heterocycles. The van der Waals surface area contributed by atoms with E-state index in [0.29, 0.717) is 10.2 Å². The fourth-order valence-electron chi connectivity index (χ4n) is 1.21. The summed E-state index contributed by atoms with van der Waals surface area (Å²) in [6, 6.07) is 3.13. The van der Waals surface area contributed by atoms with E-state index in [0.717, 1.165) is 5.56 Å². The van der Waals surface area contributed by atoms with Crippen LogP contribution in [0.4, 0.5) is 15.4 Å². The van der Waals surface area contributed by atoms with Gasteiger partial charge in [-0.15, -0.1) is 0 Å². The van der Waals surface area contributed by atoms with E-state index >= 15 is 0 Å². The summed E-state index contributed by atoms with van der Waals surface area (Å²) in [5, 5.41) is 9.69. The van der Waals surface area contributed by atoms with Gasteiger partial charge in [0.2, 0.25) is 0 Å². The Balaban J connectivity index is 3.00. The van der Waals surface area contributed by atoms with E-state index in [4.69, 9.17) is 9.84 Å². The molecule has 104 valence electrons. The third kappa shape index (κ3) is 4.51. The first-order valence-corrected chi connectivity index (χ1v) is 6.63. The van der Waals surface area contributed by atoms with Crippen LogP contribution in [0, 0.1) is 0 Å². The molecule has 19 heavy (non-hydrogen) atoms. The van der Waals surface area contributed by atoms with Crippen molar-refractivity contribution in [3.8, 4) is 0 Å². The number of carboxylic acid groups (broad SMARTS) is 1. The van der Waals surface area contributed by atoms with Crippen molar-refractivity contribution in [2.24, 2.45) is 0 Å². The molecule has 0 aliphatic carbocycles. The van der Waals surface area contributed by atoms with Gasteiger partial charge >= 0.3 is 12.2 Å². The number of aromatic nitrogens is 1. The van der Waals surface area contributed by atoms with E-state index in [2.05, 4.69) is 20.9 Å². The van der Waals surface area contributed by atoms with Crippen molar-refractivity contribution in [1.29, 1.82) is 0 Å². The predicted molar refractivity (Wildman–Crippen MR) is 73.6 cm³/mol. The highest BCUT2D eigenvalue weighted by Crippen LogP contribution is 2.17. The summed E-state index contributed by atoms with van der Waals surface area (Å²) in [7, 11) is 0. The minimum Gasteiger partial charge on any atom is -0.464 e. The zero-order chi connectivity index (χ0) is 14.6. The first-order chi connectivity index (χ1) is 8.74. The van der Waals surface area contributed by atoms with E-state index in [1.165, 1.54) is 12.3 Å². The van der Waals surface area contributed by atoms with Gasteiger partial charge in [0.15, 0.2) is 0 Å². The van der Waals surface area contributed by atoms with Crippen LogP contribution in [0.5, 0.6) is 0 Å². The minimum atomic E-state index is -1.44. The van der Waals surface area contributed by atoms with E-state index in [1.807, 2.05) is 0 Å². The van der Waals surface area contributed by atoms with Crippen LogP contribution in [0.25, 0.3) is 0 Å². The molecule has 6 nitrogen and oxygen atoms in total. The smallest absolute Gasteiger partial charge is 0.425 e. The molecule has 0 spiro atoms. The summed E-state index contributed by atoms with van der Waals surface area (Å²) in [4.78, 5) is 27.4. The zero-order valence-electron chi connectivity index (χ0n) is 10.9. The van der Waals surface area contributed by atoms with Crippen molar-refractivity contribution in [2.75, 3.05) is 4.90 Å². The number of halogens is 1. The second-order valence-corrected chi connectivity index (χ2v) is 5.32. The van der Waals surface area contributed by atoms with Gasteiger partial charge in [-0.05, 0) is 32.4 Å². The predicted octanol–water partition coefficient (Wildman–Crippen LogP) is 3.40. The van der Waals surface area contributed by atoms with Gasteiger partial charge < -0.3 is 9.84 Å². The maximum Gasteiger partial charge on any atom is 0.425 e. The summed E-state index contributed by atoms with van der Waals surface area (Å²) >= 11 is 3.26. The standard InChI is InChI=1S/C12H15BrN2O4/c1-12(2,3)19-11(18)15(10(16)17)9-5-4-8(6-13)7-14-9/h4-5,7H,6H2,1-3H3,(H,16,17). The largest absolute Gasteiger partial charge is 0.464 e. The molecule has 0 aliphatic heterocycles. The fourth-order valence-corrected chi connectivity index (χ4v) is 1.54. The molecular formula is C12H15BrN2O4. The third-order valence-electron chi connectivity index (χ3n) is 1.96. The number of hydrogen-bond donors (Lipinski definition) is 1. The number of rotatable bonds is 2. The molecule has 0 atom stereocenters. The zero-order valence-corrected chi connectivity index (χ0v) is 12.5. The molecule has 0 aromatic carbocycles. The second-order valence-electron chi connectivity index (χ2n) is 4.76. The average Bonchev–Trinajstić information content (AvgIpc) is 2.27. The van der Waals surface area contributed by atoms with E-state index in [-0.39, 0.29) is 5.82 Å². The van der Waals surface area contributed by atoms with Crippen LogP contribution >= 0.6 is 15.9 Å². The lowest BCUT2D eigenvalue weighted by molar-refractivity contribution is 0.0581. The van der Waals surface area contributed by atoms with Gasteiger partial charge in [-0.1, -0.05) is 22.0 Å². The van der Waals surface area contributed by atoms with Gasteiger partial charge in [-0.2, -0.15) is 4.90 Å². The lowest BCUT2D eigenvalue weighted by Gasteiger charge is -2.23. The monoisotopic (exact) mass is 330 g/mol. The van der Waals surface area contributed by atoms with E-state index < -0.39 is 17.8 Å². The Morgan fingerprint density at radius 1 is 1.42 bits per heavy atom. The Kier molecular flexibility index (Phi) is 4.88. The van der Waals surface area contributed by atoms with Crippen molar-refractivity contribution in [1.82, 2.24) is 4.98 Å². The molecule has 0 unspecified atom stereocenters. The highest BCUT2D eigenvalue weighted by Gasteiger charge is 2.29. The fraction of sp³-hybridized carbons (Fsp3) is 0.417. The van der Waals surface area contributed by atoms with Crippen LogP contribution < -0.4 is 4.90 Å². The second kappa shape index (κ2) is 6.01. The highest BCUT2D eigenvalue weighted by atomic mass is 79.9. The molecule has 1 aromatic heterocycles. The summed E-state index contributed by atoms with van der Waals surface area (Å²) in [5.74, 6) is 0.00597. The molecule has 0 fully saturated rings. The summed E-state index contributed by atoms with van der Waals surface area (Å²) in [6.07, 6.45) is -0.919. The number of imide groups is 1. The van der Waals surface area contributed by atoms with Crippen LogP contribution in [0.3, 0.4) is 0 Å². The first-order valence-electron chi connectivity index (χ1n) is 5.51. The van der Waals surface area contributed by atoms with Crippen LogP contribution in [0.1, 0.15) is 26.3 Å². The SMILES string of the molecule is CC(C)(C)OC(=O)N(C(=O)O)c1ccc(CBr)cn1. The van der Waals surface area contributed by atoms with E-state index in [9.17, 15) is 9.59 Å². The lowest BCUT2D eigenvalue weighted by Crippen LogP contribution is -2.40. The summed E-state index contributed by atoms with van der Waals surface area (Å²) < 4.78 is 5.03. The van der Waals surface area contributed by atoms with E-state index in [1.54, 1.807) is 26.8 Å². The molecule has 1 aromatic rings. The first kappa shape index (κ1) is 15.4. The number of carbonyl (C=O) groups excluding carboxylic acids is 1. The Morgan fingerprint density at radius 2 is 2.05 bits per heavy atom. The Bertz CT molecular complexity index is 468. The number of pyridine rings is 1. The molecule has 0 saturated carbocycles. The van der Waals surface area contributed by atoms with Crippen molar-refractivity contribution >= 4 is 33.9 Å². The average molecular weight is 331 g/mol. The quantitative estimate of drug-likeness (QED) is 0.840. The number of anilines is 1. The number of amides is 2. The van der Waals surface area contributed by atoms with Crippen molar-refractivity contribution in [2.45, 2.75) is 31.7 Å². The maximum absolute atomic E-state index is 11.8. The number of alkyl halides is 1. The third-order valence-corrected chi connectivity index (χ3v) is 2.61. The molecular weight excluding hydrogens is 316 g/mol. The topological polar surface area (TPSA) is 79.7 Å². The number of ether oxygens (including phenoxy) is 1. The van der Waals surface area contributed by atoms with Crippen LogP contribution in [0.15, 0.2) is 18.3 Å². The number of hydrogen-bond acceptors (Lipinski definition) is 4. The van der Waals surface area contributed by atoms with Crippen molar-refractivity contribution in [3.05, 3.63) is 23.9 Å². The minimum absolute atomic E-state index is 0.00597. The van der Waals surface area contributed by atoms with Crippen LogP contribution in [0.2, 0.25) is 0 Å². The van der Waals surface area contributed by atoms with Crippen molar-refractivity contribution < 1.29 is 19.4 Å². The highest BCUT2D eigenvalue weighted by molar-refractivity contribution is 9.08. The van der Waals surface area contributed by atoms with Gasteiger partial charge in [0.25, 0.3) is 0 Å². The summed E-state index contributed by atoms with van der Waals surface area (Å²) in [5.41, 5.74) is 0.0962. The van der Waals surface area contributed by atoms with Gasteiger partial charge in [0.1, 0.15) is 11.4 Å². The maximum atomic E-state index is 11.8. The summed E-state index contributed by atoms with van der Waals surface area (Å²) in [6.45, 7) is 4.98. The van der Waals surface area contributed by atoms with Gasteiger partial charge in [0.05, 0.1) is 0 Å². The molecule has 0 bridgehead atoms. The molecule has 1 rings (SSSR count). The van der Waals surface area contributed by atoms with Crippen LogP contribution in [-0.4, -0.2) is 27.9 Å². The molecule has 7 heteroatoms. The molecule has 0 radical (unpaired) electrons. The Hall–Kier alpha value is -1.63. The van der Waals surface area contributed by atoms with Crippen LogP contribution in [-0.2, 0) is 10.1 Å². The number of carbonyl (C=O) groups is 2. The van der Waals surface area contributed by atoms with Gasteiger partial charge in [0, 0.05) is 11.5 Å². The lowest BCUT2D eigenvalue weighted by atomic mass is 10.2. The van der Waals surface area contributed by atoms with Gasteiger partial charge in [-0.25, -0.2) is 14.6 Å². The molecule has 1 N–H and O–H groups in total. The Morgan fingerprint density at radius 3 is 2.42 bits per heavy atom.